The normalized spacial score (nSPS) is 14.0. The number of nitrogens with zero attached hydrogens (tertiary/aromatic N) is 1. The van der Waals surface area contributed by atoms with E-state index in [9.17, 15) is 9.59 Å². The van der Waals surface area contributed by atoms with Crippen LogP contribution in [0.25, 0.3) is 0 Å². The molecule has 0 bridgehead atoms. The Labute approximate surface area is 182 Å². The summed E-state index contributed by atoms with van der Waals surface area (Å²) >= 11 is 0. The van der Waals surface area contributed by atoms with Gasteiger partial charge in [0.05, 0.1) is 12.3 Å². The quantitative estimate of drug-likeness (QED) is 0.528. The van der Waals surface area contributed by atoms with Gasteiger partial charge in [0.1, 0.15) is 0 Å². The van der Waals surface area contributed by atoms with E-state index in [1.807, 2.05) is 47.4 Å². The third-order valence-corrected chi connectivity index (χ3v) is 5.56. The Morgan fingerprint density at radius 1 is 1.03 bits per heavy atom. The lowest BCUT2D eigenvalue weighted by atomic mass is 10.1. The van der Waals surface area contributed by atoms with E-state index >= 15 is 0 Å². The highest BCUT2D eigenvalue weighted by Gasteiger charge is 2.30. The molecule has 4 rings (SSSR count). The summed E-state index contributed by atoms with van der Waals surface area (Å²) < 4.78 is 5.10. The molecule has 3 aromatic rings. The Hall–Kier alpha value is -3.54. The first-order valence-corrected chi connectivity index (χ1v) is 10.6. The van der Waals surface area contributed by atoms with Gasteiger partial charge >= 0.3 is 6.03 Å². The molecule has 1 aromatic heterocycles. The second-order valence-electron chi connectivity index (χ2n) is 7.97. The molecule has 1 unspecified atom stereocenters. The van der Waals surface area contributed by atoms with Gasteiger partial charge in [0.2, 0.25) is 0 Å². The maximum absolute atomic E-state index is 13.0. The van der Waals surface area contributed by atoms with E-state index in [1.54, 1.807) is 12.1 Å². The minimum Gasteiger partial charge on any atom is -0.459 e. The van der Waals surface area contributed by atoms with Crippen molar-refractivity contribution in [2.45, 2.75) is 32.4 Å². The van der Waals surface area contributed by atoms with E-state index in [-0.39, 0.29) is 23.7 Å². The zero-order valence-corrected chi connectivity index (χ0v) is 17.6. The molecule has 1 atom stereocenters. The molecule has 1 aliphatic rings. The predicted octanol–water partition coefficient (Wildman–Crippen LogP) is 5.21. The van der Waals surface area contributed by atoms with Crippen molar-refractivity contribution >= 4 is 17.6 Å². The lowest BCUT2D eigenvalue weighted by molar-refractivity contribution is 0.0996. The van der Waals surface area contributed by atoms with Crippen molar-refractivity contribution in [2.24, 2.45) is 5.92 Å². The van der Waals surface area contributed by atoms with Crippen LogP contribution < -0.4 is 10.6 Å². The fraction of sp³-hybridized carbons (Fsp3) is 0.280. The summed E-state index contributed by atoms with van der Waals surface area (Å²) in [6.07, 6.45) is 3.85. The summed E-state index contributed by atoms with van der Waals surface area (Å²) in [4.78, 5) is 27.0. The monoisotopic (exact) mass is 417 g/mol. The molecule has 6 heteroatoms. The number of benzene rings is 2. The average molecular weight is 418 g/mol. The second-order valence-corrected chi connectivity index (χ2v) is 7.97. The van der Waals surface area contributed by atoms with Crippen LogP contribution in [0, 0.1) is 5.92 Å². The number of nitrogens with one attached hydrogen (secondary N) is 2. The first-order chi connectivity index (χ1) is 15.1. The fourth-order valence-corrected chi connectivity index (χ4v) is 3.49. The summed E-state index contributed by atoms with van der Waals surface area (Å²) in [5.41, 5.74) is 2.77. The van der Waals surface area contributed by atoms with E-state index < -0.39 is 0 Å². The Kier molecular flexibility index (Phi) is 6.36. The molecule has 1 saturated carbocycles. The molecule has 2 aromatic carbocycles. The smallest absolute Gasteiger partial charge is 0.318 e. The van der Waals surface area contributed by atoms with Crippen molar-refractivity contribution in [3.63, 3.8) is 0 Å². The molecule has 1 fully saturated rings. The SMILES string of the molecule is CC(c1ccccc1)N(CC1CC1)C(=O)NCc1ccc(NC(=O)c2ccco2)cc1. The van der Waals surface area contributed by atoms with E-state index in [1.165, 1.54) is 19.1 Å². The van der Waals surface area contributed by atoms with Crippen LogP contribution in [-0.2, 0) is 6.54 Å². The lowest BCUT2D eigenvalue weighted by Crippen LogP contribution is -2.42. The largest absolute Gasteiger partial charge is 0.459 e. The molecule has 0 radical (unpaired) electrons. The lowest BCUT2D eigenvalue weighted by Gasteiger charge is -2.30. The second kappa shape index (κ2) is 9.51. The third-order valence-electron chi connectivity index (χ3n) is 5.56. The fourth-order valence-electron chi connectivity index (χ4n) is 3.49. The van der Waals surface area contributed by atoms with Crippen molar-refractivity contribution in [3.8, 4) is 0 Å². The number of furan rings is 1. The highest BCUT2D eigenvalue weighted by Crippen LogP contribution is 2.32. The summed E-state index contributed by atoms with van der Waals surface area (Å²) in [5, 5.41) is 5.84. The number of carbonyl (C=O) groups excluding carboxylic acids is 2. The van der Waals surface area contributed by atoms with Gasteiger partial charge in [-0.1, -0.05) is 42.5 Å². The predicted molar refractivity (Wildman–Crippen MR) is 120 cm³/mol. The molecule has 1 aliphatic carbocycles. The Bertz CT molecular complexity index is 996. The average Bonchev–Trinajstić information content (AvgIpc) is 3.45. The molecule has 1 heterocycles. The van der Waals surface area contributed by atoms with Crippen LogP contribution in [0.15, 0.2) is 77.4 Å². The first-order valence-electron chi connectivity index (χ1n) is 10.6. The molecular formula is C25H27N3O3. The van der Waals surface area contributed by atoms with Gasteiger partial charge in [0.15, 0.2) is 5.76 Å². The van der Waals surface area contributed by atoms with Crippen molar-refractivity contribution in [1.29, 1.82) is 0 Å². The maximum atomic E-state index is 13.0. The highest BCUT2D eigenvalue weighted by atomic mass is 16.3. The van der Waals surface area contributed by atoms with E-state index in [0.717, 1.165) is 17.7 Å². The van der Waals surface area contributed by atoms with E-state index in [0.29, 0.717) is 18.2 Å². The number of carbonyl (C=O) groups is 2. The van der Waals surface area contributed by atoms with Gasteiger partial charge in [0.25, 0.3) is 5.91 Å². The molecule has 2 N–H and O–H groups in total. The van der Waals surface area contributed by atoms with Gasteiger partial charge in [-0.25, -0.2) is 4.79 Å². The molecule has 160 valence electrons. The minimum absolute atomic E-state index is 0.0148. The summed E-state index contributed by atoms with van der Waals surface area (Å²) in [6.45, 7) is 3.28. The van der Waals surface area contributed by atoms with Gasteiger partial charge in [-0.2, -0.15) is 0 Å². The van der Waals surface area contributed by atoms with Crippen LogP contribution in [0.4, 0.5) is 10.5 Å². The Morgan fingerprint density at radius 3 is 2.42 bits per heavy atom. The van der Waals surface area contributed by atoms with Crippen molar-refractivity contribution in [2.75, 3.05) is 11.9 Å². The molecule has 6 nitrogen and oxygen atoms in total. The van der Waals surface area contributed by atoms with E-state index in [4.69, 9.17) is 4.42 Å². The number of hydrogen-bond acceptors (Lipinski definition) is 3. The topological polar surface area (TPSA) is 74.6 Å². The highest BCUT2D eigenvalue weighted by molar-refractivity contribution is 6.02. The first kappa shape index (κ1) is 20.7. The molecule has 3 amide bonds. The number of amides is 3. The third kappa shape index (κ3) is 5.54. The molecule has 0 saturated heterocycles. The number of urea groups is 1. The van der Waals surface area contributed by atoms with Crippen molar-refractivity contribution < 1.29 is 14.0 Å². The summed E-state index contributed by atoms with van der Waals surface area (Å²) in [6, 6.07) is 20.8. The number of rotatable bonds is 8. The van der Waals surface area contributed by atoms with Crippen LogP contribution in [-0.4, -0.2) is 23.4 Å². The summed E-state index contributed by atoms with van der Waals surface area (Å²) in [7, 11) is 0. The summed E-state index contributed by atoms with van der Waals surface area (Å²) in [5.74, 6) is 0.574. The van der Waals surface area contributed by atoms with Gasteiger partial charge in [-0.05, 0) is 61.1 Å². The van der Waals surface area contributed by atoms with Crippen molar-refractivity contribution in [1.82, 2.24) is 10.2 Å². The number of anilines is 1. The zero-order valence-electron chi connectivity index (χ0n) is 17.6. The Balaban J connectivity index is 1.34. The van der Waals surface area contributed by atoms with Crippen LogP contribution in [0.2, 0.25) is 0 Å². The standard InChI is InChI=1S/C25H27N3O3/c1-18(21-6-3-2-4-7-21)28(17-20-9-10-20)25(30)26-16-19-11-13-22(14-12-19)27-24(29)23-8-5-15-31-23/h2-8,11-15,18,20H,9-10,16-17H2,1H3,(H,26,30)(H,27,29). The number of hydrogen-bond donors (Lipinski definition) is 2. The van der Waals surface area contributed by atoms with Crippen LogP contribution in [0.1, 0.15) is 47.5 Å². The van der Waals surface area contributed by atoms with Crippen LogP contribution in [0.5, 0.6) is 0 Å². The molecule has 0 spiro atoms. The van der Waals surface area contributed by atoms with Gasteiger partial charge < -0.3 is 20.0 Å². The Morgan fingerprint density at radius 2 is 1.77 bits per heavy atom. The van der Waals surface area contributed by atoms with Crippen molar-refractivity contribution in [3.05, 3.63) is 89.9 Å². The van der Waals surface area contributed by atoms with E-state index in [2.05, 4.69) is 29.7 Å². The molecular weight excluding hydrogens is 390 g/mol. The van der Waals surface area contributed by atoms with Gasteiger partial charge in [0, 0.05) is 18.8 Å². The van der Waals surface area contributed by atoms with Gasteiger partial charge in [-0.3, -0.25) is 4.79 Å². The minimum atomic E-state index is -0.295. The molecule has 31 heavy (non-hydrogen) atoms. The van der Waals surface area contributed by atoms with Crippen LogP contribution in [0.3, 0.4) is 0 Å². The van der Waals surface area contributed by atoms with Crippen LogP contribution >= 0.6 is 0 Å². The maximum Gasteiger partial charge on any atom is 0.318 e. The molecule has 0 aliphatic heterocycles. The van der Waals surface area contributed by atoms with Gasteiger partial charge in [-0.15, -0.1) is 0 Å². The zero-order chi connectivity index (χ0) is 21.6.